The number of carbonyl (C=O) groups is 3. The third-order valence-electron chi connectivity index (χ3n) is 8.45. The van der Waals surface area contributed by atoms with Crippen LogP contribution in [0.15, 0.2) is 30.3 Å². The van der Waals surface area contributed by atoms with Crippen molar-refractivity contribution < 1.29 is 19.1 Å². The van der Waals surface area contributed by atoms with Gasteiger partial charge in [-0.15, -0.1) is 0 Å². The summed E-state index contributed by atoms with van der Waals surface area (Å²) in [5.41, 5.74) is 1.05. The minimum absolute atomic E-state index is 0.0207. The molecule has 0 atom stereocenters. The molecule has 4 rings (SSSR count). The Bertz CT molecular complexity index is 929. The third-order valence-corrected chi connectivity index (χ3v) is 8.45. The Morgan fingerprint density at radius 1 is 1.08 bits per heavy atom. The Labute approximate surface area is 214 Å². The van der Waals surface area contributed by atoms with Crippen LogP contribution >= 0.6 is 0 Å². The lowest BCUT2D eigenvalue weighted by Gasteiger charge is -2.51. The van der Waals surface area contributed by atoms with Gasteiger partial charge in [-0.2, -0.15) is 0 Å². The maximum atomic E-state index is 13.6. The molecule has 9 nitrogen and oxygen atoms in total. The molecular weight excluding hydrogens is 458 g/mol. The first-order valence-electron chi connectivity index (χ1n) is 13.1. The zero-order chi connectivity index (χ0) is 25.8. The van der Waals surface area contributed by atoms with Gasteiger partial charge in [0.1, 0.15) is 0 Å². The predicted molar refractivity (Wildman–Crippen MR) is 137 cm³/mol. The quantitative estimate of drug-likeness (QED) is 0.525. The second kappa shape index (κ2) is 11.2. The summed E-state index contributed by atoms with van der Waals surface area (Å²) in [6, 6.07) is 10.7. The molecule has 2 saturated heterocycles. The zero-order valence-corrected chi connectivity index (χ0v) is 22.0. The Morgan fingerprint density at radius 3 is 2.44 bits per heavy atom. The Morgan fingerprint density at radius 2 is 1.81 bits per heavy atom. The first-order chi connectivity index (χ1) is 17.3. The molecule has 1 aromatic carbocycles. The van der Waals surface area contributed by atoms with Crippen LogP contribution in [-0.4, -0.2) is 110 Å². The van der Waals surface area contributed by atoms with Gasteiger partial charge in [0.2, 0.25) is 11.8 Å². The van der Waals surface area contributed by atoms with Crippen LogP contribution < -0.4 is 5.32 Å². The van der Waals surface area contributed by atoms with Crippen LogP contribution in [0, 0.1) is 0 Å². The molecule has 36 heavy (non-hydrogen) atoms. The van der Waals surface area contributed by atoms with Crippen LogP contribution in [0.25, 0.3) is 0 Å². The molecule has 1 saturated carbocycles. The first kappa shape index (κ1) is 26.4. The number of methoxy groups -OCH3 is 1. The fraction of sp³-hybridized carbons (Fsp3) is 0.667. The van der Waals surface area contributed by atoms with E-state index >= 15 is 0 Å². The molecule has 1 aliphatic carbocycles. The lowest BCUT2D eigenvalue weighted by Crippen LogP contribution is -2.55. The number of nitrogens with zero attached hydrogens (tertiary/aromatic N) is 4. The summed E-state index contributed by atoms with van der Waals surface area (Å²) in [5.74, 6) is -0.191. The highest BCUT2D eigenvalue weighted by Crippen LogP contribution is 2.48. The number of urea groups is 1. The highest BCUT2D eigenvalue weighted by Gasteiger charge is 2.54. The van der Waals surface area contributed by atoms with E-state index in [1.807, 2.05) is 4.90 Å². The van der Waals surface area contributed by atoms with Gasteiger partial charge in [-0.25, -0.2) is 4.79 Å². The monoisotopic (exact) mass is 499 g/mol. The second-order valence-corrected chi connectivity index (χ2v) is 10.6. The predicted octanol–water partition coefficient (Wildman–Crippen LogP) is 1.88. The van der Waals surface area contributed by atoms with E-state index in [0.717, 1.165) is 32.1 Å². The number of rotatable bonds is 9. The minimum atomic E-state index is -0.229. The number of ether oxygens (including phenoxy) is 1. The van der Waals surface area contributed by atoms with Gasteiger partial charge in [0.05, 0.1) is 12.1 Å². The Kier molecular flexibility index (Phi) is 8.20. The maximum Gasteiger partial charge on any atom is 0.320 e. The topological polar surface area (TPSA) is 85.4 Å². The Balaban J connectivity index is 1.47. The average Bonchev–Trinajstić information content (AvgIpc) is 3.14. The van der Waals surface area contributed by atoms with E-state index in [2.05, 4.69) is 59.5 Å². The van der Waals surface area contributed by atoms with E-state index in [1.54, 1.807) is 12.0 Å². The van der Waals surface area contributed by atoms with Crippen LogP contribution in [0.4, 0.5) is 4.79 Å². The molecule has 0 radical (unpaired) electrons. The Hall–Kier alpha value is -2.65. The second-order valence-electron chi connectivity index (χ2n) is 10.6. The standard InChI is InChI=1S/C27H41N5O4/c1-29(2)27(22-8-5-4-6-9-22)13-11-26(12-14-27)21-31(25(35)32(26)16-7-19-36-3)17-10-24(34)30-18-15-28-23(33)20-30/h4-6,8-9H,7,10-21H2,1-3H3,(H,28,33)/t26-,27-. The van der Waals surface area contributed by atoms with E-state index < -0.39 is 0 Å². The average molecular weight is 500 g/mol. The zero-order valence-electron chi connectivity index (χ0n) is 22.0. The number of piperazine rings is 1. The number of carbonyl (C=O) groups excluding carboxylic acids is 3. The number of hydrogen-bond acceptors (Lipinski definition) is 5. The van der Waals surface area contributed by atoms with E-state index in [0.29, 0.717) is 39.3 Å². The number of benzene rings is 1. The number of amides is 4. The lowest BCUT2D eigenvalue weighted by atomic mass is 9.68. The van der Waals surface area contributed by atoms with Crippen molar-refractivity contribution in [2.24, 2.45) is 0 Å². The summed E-state index contributed by atoms with van der Waals surface area (Å²) < 4.78 is 5.28. The maximum absolute atomic E-state index is 13.6. The van der Waals surface area contributed by atoms with Gasteiger partial charge in [0.25, 0.3) is 0 Å². The molecule has 0 aromatic heterocycles. The normalized spacial score (nSPS) is 26.7. The smallest absolute Gasteiger partial charge is 0.320 e. The van der Waals surface area contributed by atoms with Crippen molar-refractivity contribution in [3.63, 3.8) is 0 Å². The van der Waals surface area contributed by atoms with E-state index in [1.165, 1.54) is 5.56 Å². The molecule has 2 aliphatic heterocycles. The van der Waals surface area contributed by atoms with Crippen molar-refractivity contribution >= 4 is 17.8 Å². The molecule has 1 aromatic rings. The van der Waals surface area contributed by atoms with Gasteiger partial charge in [-0.1, -0.05) is 30.3 Å². The third kappa shape index (κ3) is 5.22. The molecule has 3 fully saturated rings. The van der Waals surface area contributed by atoms with Crippen LogP contribution in [0.5, 0.6) is 0 Å². The molecule has 0 unspecified atom stereocenters. The number of nitrogens with one attached hydrogen (secondary N) is 1. The first-order valence-corrected chi connectivity index (χ1v) is 13.1. The molecule has 1 N–H and O–H groups in total. The van der Waals surface area contributed by atoms with Gasteiger partial charge in [-0.3, -0.25) is 14.5 Å². The van der Waals surface area contributed by atoms with Crippen LogP contribution in [0.3, 0.4) is 0 Å². The molecule has 198 valence electrons. The summed E-state index contributed by atoms with van der Waals surface area (Å²) in [7, 11) is 5.99. The van der Waals surface area contributed by atoms with E-state index in [-0.39, 0.29) is 41.9 Å². The summed E-state index contributed by atoms with van der Waals surface area (Å²) in [6.07, 6.45) is 4.79. The van der Waals surface area contributed by atoms with Crippen molar-refractivity contribution in [1.82, 2.24) is 24.9 Å². The van der Waals surface area contributed by atoms with E-state index in [9.17, 15) is 14.4 Å². The van der Waals surface area contributed by atoms with Crippen molar-refractivity contribution in [2.75, 3.05) is 67.1 Å². The largest absolute Gasteiger partial charge is 0.385 e. The highest BCUT2D eigenvalue weighted by molar-refractivity contribution is 5.86. The van der Waals surface area contributed by atoms with Gasteiger partial charge in [0, 0.05) is 58.4 Å². The van der Waals surface area contributed by atoms with Crippen molar-refractivity contribution in [3.8, 4) is 0 Å². The molecule has 9 heteroatoms. The summed E-state index contributed by atoms with van der Waals surface area (Å²) in [5, 5.41) is 2.75. The molecule has 4 amide bonds. The van der Waals surface area contributed by atoms with Crippen molar-refractivity contribution in [3.05, 3.63) is 35.9 Å². The minimum Gasteiger partial charge on any atom is -0.385 e. The fourth-order valence-corrected chi connectivity index (χ4v) is 6.30. The van der Waals surface area contributed by atoms with Crippen LogP contribution in [0.1, 0.15) is 44.1 Å². The van der Waals surface area contributed by atoms with E-state index in [4.69, 9.17) is 4.74 Å². The van der Waals surface area contributed by atoms with Gasteiger partial charge < -0.3 is 24.8 Å². The van der Waals surface area contributed by atoms with Gasteiger partial charge >= 0.3 is 6.03 Å². The van der Waals surface area contributed by atoms with Crippen molar-refractivity contribution in [2.45, 2.75) is 49.6 Å². The molecule has 3 aliphatic rings. The molecular formula is C27H41N5O4. The molecule has 0 bridgehead atoms. The summed E-state index contributed by atoms with van der Waals surface area (Å²) in [4.78, 5) is 45.9. The van der Waals surface area contributed by atoms with Crippen LogP contribution in [-0.2, 0) is 19.9 Å². The molecule has 1 spiro atoms. The van der Waals surface area contributed by atoms with Gasteiger partial charge in [0.15, 0.2) is 0 Å². The SMILES string of the molecule is COCCCN1C(=O)N(CCC(=O)N2CCNC(=O)C2)C[C@]12CC[C@@](c1ccccc1)(N(C)C)CC2. The highest BCUT2D eigenvalue weighted by atomic mass is 16.5. The lowest BCUT2D eigenvalue weighted by molar-refractivity contribution is -0.138. The van der Waals surface area contributed by atoms with Crippen LogP contribution in [0.2, 0.25) is 0 Å². The van der Waals surface area contributed by atoms with Crippen molar-refractivity contribution in [1.29, 1.82) is 0 Å². The summed E-state index contributed by atoms with van der Waals surface area (Å²) >= 11 is 0. The summed E-state index contributed by atoms with van der Waals surface area (Å²) in [6.45, 7) is 3.41. The fourth-order valence-electron chi connectivity index (χ4n) is 6.30. The van der Waals surface area contributed by atoms with Gasteiger partial charge in [-0.05, 0) is 51.8 Å². The molecule has 2 heterocycles. The number of hydrogen-bond donors (Lipinski definition) is 1.